The second kappa shape index (κ2) is 4.37. The van der Waals surface area contributed by atoms with Crippen molar-refractivity contribution in [1.82, 2.24) is 5.16 Å². The van der Waals surface area contributed by atoms with E-state index in [0.29, 0.717) is 0 Å². The maximum absolute atomic E-state index is 5.39. The van der Waals surface area contributed by atoms with Crippen LogP contribution in [0.15, 0.2) is 22.9 Å². The van der Waals surface area contributed by atoms with E-state index in [1.165, 1.54) is 11.1 Å². The fraction of sp³-hybridized carbons (Fsp3) is 0.357. The molecule has 0 radical (unpaired) electrons. The van der Waals surface area contributed by atoms with Crippen molar-refractivity contribution in [3.05, 3.63) is 29.5 Å². The number of hydrogen-bond acceptors (Lipinski definition) is 4. The molecule has 1 heterocycles. The molecule has 2 aromatic rings. The Morgan fingerprint density at radius 2 is 1.78 bits per heavy atom. The summed E-state index contributed by atoms with van der Waals surface area (Å²) in [5, 5.41) is 3.90. The van der Waals surface area contributed by atoms with Gasteiger partial charge < -0.3 is 14.0 Å². The van der Waals surface area contributed by atoms with Crippen LogP contribution in [-0.4, -0.2) is 19.4 Å². The molecule has 0 fully saturated rings. The average Bonchev–Trinajstić information content (AvgIpc) is 2.80. The molecule has 0 saturated heterocycles. The summed E-state index contributed by atoms with van der Waals surface area (Å²) in [5.41, 5.74) is 3.46. The summed E-state index contributed by atoms with van der Waals surface area (Å²) >= 11 is 0. The summed E-state index contributed by atoms with van der Waals surface area (Å²) in [7, 11) is 3.29. The zero-order chi connectivity index (χ0) is 12.5. The van der Waals surface area contributed by atoms with Crippen molar-refractivity contribution < 1.29 is 14.0 Å². The van der Waals surface area contributed by atoms with Crippen LogP contribution < -0.4 is 9.47 Å². The Bertz CT molecular complexity index is 574. The van der Waals surface area contributed by atoms with Crippen LogP contribution in [0.1, 0.15) is 17.5 Å². The molecule has 94 valence electrons. The topological polar surface area (TPSA) is 44.5 Å². The standard InChI is InChI=1S/C14H15NO3/c1-16-12-6-9-4-3-5-10-8-15-18-14(10)11(9)7-13(12)17-2/h6-8H,3-5H2,1-2H3. The van der Waals surface area contributed by atoms with Gasteiger partial charge in [-0.15, -0.1) is 0 Å². The highest BCUT2D eigenvalue weighted by Gasteiger charge is 2.21. The molecule has 0 spiro atoms. The van der Waals surface area contributed by atoms with Gasteiger partial charge in [0, 0.05) is 11.1 Å². The second-order valence-corrected chi connectivity index (χ2v) is 4.40. The summed E-state index contributed by atoms with van der Waals surface area (Å²) in [6.45, 7) is 0. The van der Waals surface area contributed by atoms with E-state index in [0.717, 1.165) is 42.1 Å². The Balaban J connectivity index is 2.21. The predicted octanol–water partition coefficient (Wildman–Crippen LogP) is 2.85. The number of ether oxygens (including phenoxy) is 2. The van der Waals surface area contributed by atoms with Crippen molar-refractivity contribution in [3.63, 3.8) is 0 Å². The van der Waals surface area contributed by atoms with Gasteiger partial charge in [-0.3, -0.25) is 0 Å². The van der Waals surface area contributed by atoms with Crippen molar-refractivity contribution in [2.75, 3.05) is 14.2 Å². The van der Waals surface area contributed by atoms with Gasteiger partial charge in [-0.25, -0.2) is 0 Å². The number of aromatic nitrogens is 1. The molecule has 0 bridgehead atoms. The van der Waals surface area contributed by atoms with Gasteiger partial charge in [-0.05, 0) is 37.0 Å². The van der Waals surface area contributed by atoms with Gasteiger partial charge in [0.05, 0.1) is 20.4 Å². The summed E-state index contributed by atoms with van der Waals surface area (Å²) in [6, 6.07) is 4.01. The Morgan fingerprint density at radius 1 is 1.06 bits per heavy atom. The third-order valence-corrected chi connectivity index (χ3v) is 3.39. The first kappa shape index (κ1) is 11.1. The molecule has 4 nitrogen and oxygen atoms in total. The van der Waals surface area contributed by atoms with Crippen LogP contribution in [0.4, 0.5) is 0 Å². The maximum atomic E-state index is 5.39. The van der Waals surface area contributed by atoms with E-state index >= 15 is 0 Å². The molecular formula is C14H15NO3. The van der Waals surface area contributed by atoms with Gasteiger partial charge in [0.1, 0.15) is 0 Å². The molecule has 0 amide bonds. The lowest BCUT2D eigenvalue weighted by Crippen LogP contribution is -1.95. The zero-order valence-electron chi connectivity index (χ0n) is 10.5. The SMILES string of the molecule is COc1cc2c(cc1OC)-c1oncc1CCC2. The molecular weight excluding hydrogens is 230 g/mol. The lowest BCUT2D eigenvalue weighted by atomic mass is 10.0. The molecule has 3 rings (SSSR count). The molecule has 4 heteroatoms. The highest BCUT2D eigenvalue weighted by Crippen LogP contribution is 2.39. The van der Waals surface area contributed by atoms with Gasteiger partial charge in [0.2, 0.25) is 0 Å². The smallest absolute Gasteiger partial charge is 0.170 e. The second-order valence-electron chi connectivity index (χ2n) is 4.40. The molecule has 0 aliphatic heterocycles. The van der Waals surface area contributed by atoms with Crippen molar-refractivity contribution in [2.24, 2.45) is 0 Å². The fourth-order valence-electron chi connectivity index (χ4n) is 2.47. The summed E-state index contributed by atoms with van der Waals surface area (Å²) in [6.07, 6.45) is 4.91. The third kappa shape index (κ3) is 1.65. The number of benzene rings is 1. The first-order valence-electron chi connectivity index (χ1n) is 6.02. The quantitative estimate of drug-likeness (QED) is 0.816. The molecule has 0 atom stereocenters. The van der Waals surface area contributed by atoms with Crippen LogP contribution in [0.2, 0.25) is 0 Å². The highest BCUT2D eigenvalue weighted by molar-refractivity contribution is 5.70. The van der Waals surface area contributed by atoms with Gasteiger partial charge >= 0.3 is 0 Å². The number of aryl methyl sites for hydroxylation is 2. The van der Waals surface area contributed by atoms with E-state index in [1.54, 1.807) is 20.4 Å². The van der Waals surface area contributed by atoms with Crippen LogP contribution in [0.25, 0.3) is 11.3 Å². The Morgan fingerprint density at radius 3 is 2.56 bits per heavy atom. The molecule has 1 aromatic heterocycles. The molecule has 0 saturated carbocycles. The van der Waals surface area contributed by atoms with Crippen molar-refractivity contribution >= 4 is 0 Å². The molecule has 1 aliphatic rings. The summed E-state index contributed by atoms with van der Waals surface area (Å²) < 4.78 is 16.1. The first-order valence-corrected chi connectivity index (χ1v) is 6.02. The van der Waals surface area contributed by atoms with Crippen molar-refractivity contribution in [1.29, 1.82) is 0 Å². The zero-order valence-corrected chi connectivity index (χ0v) is 10.5. The highest BCUT2D eigenvalue weighted by atomic mass is 16.5. The normalized spacial score (nSPS) is 13.4. The van der Waals surface area contributed by atoms with Crippen molar-refractivity contribution in [3.8, 4) is 22.8 Å². The number of nitrogens with zero attached hydrogens (tertiary/aromatic N) is 1. The van der Waals surface area contributed by atoms with E-state index in [2.05, 4.69) is 5.16 Å². The molecule has 0 unspecified atom stereocenters. The van der Waals surface area contributed by atoms with Crippen LogP contribution >= 0.6 is 0 Å². The Labute approximate surface area is 105 Å². The number of fused-ring (bicyclic) bond motifs is 3. The van der Waals surface area contributed by atoms with Gasteiger partial charge in [0.25, 0.3) is 0 Å². The van der Waals surface area contributed by atoms with E-state index in [-0.39, 0.29) is 0 Å². The van der Waals surface area contributed by atoms with Crippen LogP contribution in [0, 0.1) is 0 Å². The first-order chi connectivity index (χ1) is 8.83. The minimum atomic E-state index is 0.723. The van der Waals surface area contributed by atoms with Crippen molar-refractivity contribution in [2.45, 2.75) is 19.3 Å². The number of methoxy groups -OCH3 is 2. The molecule has 1 aliphatic carbocycles. The molecule has 1 aromatic carbocycles. The average molecular weight is 245 g/mol. The number of hydrogen-bond donors (Lipinski definition) is 0. The van der Waals surface area contributed by atoms with Crippen LogP contribution in [0.3, 0.4) is 0 Å². The minimum Gasteiger partial charge on any atom is -0.493 e. The minimum absolute atomic E-state index is 0.723. The van der Waals surface area contributed by atoms with Gasteiger partial charge in [-0.2, -0.15) is 0 Å². The van der Waals surface area contributed by atoms with E-state index in [4.69, 9.17) is 14.0 Å². The summed E-state index contributed by atoms with van der Waals surface area (Å²) in [5.74, 6) is 2.35. The largest absolute Gasteiger partial charge is 0.493 e. The maximum Gasteiger partial charge on any atom is 0.170 e. The predicted molar refractivity (Wildman–Crippen MR) is 67.1 cm³/mol. The fourth-order valence-corrected chi connectivity index (χ4v) is 2.47. The van der Waals surface area contributed by atoms with E-state index in [9.17, 15) is 0 Å². The monoisotopic (exact) mass is 245 g/mol. The summed E-state index contributed by atoms with van der Waals surface area (Å²) in [4.78, 5) is 0. The van der Waals surface area contributed by atoms with Crippen LogP contribution in [0.5, 0.6) is 11.5 Å². The van der Waals surface area contributed by atoms with E-state index < -0.39 is 0 Å². The third-order valence-electron chi connectivity index (χ3n) is 3.39. The van der Waals surface area contributed by atoms with Gasteiger partial charge in [-0.1, -0.05) is 5.16 Å². The Kier molecular flexibility index (Phi) is 2.70. The lowest BCUT2D eigenvalue weighted by molar-refractivity contribution is 0.354. The molecule has 18 heavy (non-hydrogen) atoms. The molecule has 0 N–H and O–H groups in total. The lowest BCUT2D eigenvalue weighted by Gasteiger charge is -2.12. The number of rotatable bonds is 2. The Hall–Kier alpha value is -1.97. The van der Waals surface area contributed by atoms with E-state index in [1.807, 2.05) is 12.1 Å². The van der Waals surface area contributed by atoms with Gasteiger partial charge in [0.15, 0.2) is 17.3 Å². The van der Waals surface area contributed by atoms with Crippen LogP contribution in [-0.2, 0) is 12.8 Å².